The molecule has 134 valence electrons. The number of nitrogens with one attached hydrogen (secondary N) is 2. The zero-order chi connectivity index (χ0) is 18.5. The molecule has 0 fully saturated rings. The molecule has 3 aromatic rings. The number of aromatic nitrogens is 3. The van der Waals surface area contributed by atoms with Crippen molar-refractivity contribution >= 4 is 17.5 Å². The Balaban J connectivity index is 1.97. The maximum Gasteiger partial charge on any atom is 0.225 e. The average molecular weight is 357 g/mol. The second-order valence-corrected chi connectivity index (χ2v) is 5.66. The molecule has 0 radical (unpaired) electrons. The molecule has 0 amide bonds. The molecule has 3 rings (SSSR count). The highest BCUT2D eigenvalue weighted by molar-refractivity contribution is 5.65. The van der Waals surface area contributed by atoms with Gasteiger partial charge in [0.1, 0.15) is 5.82 Å². The SMILES string of the molecule is C[C@@H](CO)Nc1nc(Nc2ccc(F)c(F)c2)cc(-c2ccccn2)n1. The monoisotopic (exact) mass is 357 g/mol. The lowest BCUT2D eigenvalue weighted by Crippen LogP contribution is -2.21. The summed E-state index contributed by atoms with van der Waals surface area (Å²) in [5.41, 5.74) is 1.51. The van der Waals surface area contributed by atoms with Crippen molar-refractivity contribution in [2.24, 2.45) is 0 Å². The molecule has 0 bridgehead atoms. The number of anilines is 3. The fourth-order valence-electron chi connectivity index (χ4n) is 2.21. The van der Waals surface area contributed by atoms with Crippen molar-refractivity contribution in [1.82, 2.24) is 15.0 Å². The van der Waals surface area contributed by atoms with Crippen LogP contribution in [0, 0.1) is 11.6 Å². The van der Waals surface area contributed by atoms with Crippen molar-refractivity contribution in [3.05, 3.63) is 60.3 Å². The van der Waals surface area contributed by atoms with E-state index in [9.17, 15) is 13.9 Å². The van der Waals surface area contributed by atoms with Crippen LogP contribution in [0.25, 0.3) is 11.4 Å². The van der Waals surface area contributed by atoms with E-state index >= 15 is 0 Å². The van der Waals surface area contributed by atoms with Gasteiger partial charge in [-0.25, -0.2) is 13.8 Å². The van der Waals surface area contributed by atoms with E-state index in [-0.39, 0.29) is 18.6 Å². The molecule has 0 aliphatic rings. The van der Waals surface area contributed by atoms with E-state index in [1.807, 2.05) is 6.07 Å². The highest BCUT2D eigenvalue weighted by Gasteiger charge is 2.11. The van der Waals surface area contributed by atoms with Crippen molar-refractivity contribution in [2.45, 2.75) is 13.0 Å². The lowest BCUT2D eigenvalue weighted by molar-refractivity contribution is 0.281. The largest absolute Gasteiger partial charge is 0.394 e. The maximum absolute atomic E-state index is 13.4. The van der Waals surface area contributed by atoms with Gasteiger partial charge in [0.15, 0.2) is 11.6 Å². The lowest BCUT2D eigenvalue weighted by Gasteiger charge is -2.14. The summed E-state index contributed by atoms with van der Waals surface area (Å²) in [6.45, 7) is 1.68. The van der Waals surface area contributed by atoms with Gasteiger partial charge in [0.25, 0.3) is 0 Å². The van der Waals surface area contributed by atoms with E-state index in [0.29, 0.717) is 22.9 Å². The number of aliphatic hydroxyl groups excluding tert-OH is 1. The number of benzene rings is 1. The second-order valence-electron chi connectivity index (χ2n) is 5.66. The van der Waals surface area contributed by atoms with Crippen molar-refractivity contribution in [3.63, 3.8) is 0 Å². The molecular weight excluding hydrogens is 340 g/mol. The first-order chi connectivity index (χ1) is 12.5. The second kappa shape index (κ2) is 7.83. The Morgan fingerprint density at radius 3 is 2.58 bits per heavy atom. The molecule has 0 spiro atoms. The molecule has 26 heavy (non-hydrogen) atoms. The number of aliphatic hydroxyl groups is 1. The summed E-state index contributed by atoms with van der Waals surface area (Å²) in [7, 11) is 0. The highest BCUT2D eigenvalue weighted by Crippen LogP contribution is 2.23. The van der Waals surface area contributed by atoms with Gasteiger partial charge in [0, 0.05) is 30.1 Å². The zero-order valence-electron chi connectivity index (χ0n) is 13.9. The van der Waals surface area contributed by atoms with Gasteiger partial charge in [-0.15, -0.1) is 0 Å². The van der Waals surface area contributed by atoms with E-state index < -0.39 is 11.6 Å². The average Bonchev–Trinajstić information content (AvgIpc) is 2.65. The van der Waals surface area contributed by atoms with Gasteiger partial charge < -0.3 is 15.7 Å². The van der Waals surface area contributed by atoms with Crippen LogP contribution in [0.1, 0.15) is 6.92 Å². The van der Waals surface area contributed by atoms with Crippen LogP contribution in [-0.2, 0) is 0 Å². The molecule has 0 saturated heterocycles. The van der Waals surface area contributed by atoms with E-state index in [0.717, 1.165) is 12.1 Å². The van der Waals surface area contributed by atoms with Crippen molar-refractivity contribution in [1.29, 1.82) is 0 Å². The first-order valence-corrected chi connectivity index (χ1v) is 7.95. The number of rotatable bonds is 6. The number of hydrogen-bond donors (Lipinski definition) is 3. The topological polar surface area (TPSA) is 83.0 Å². The van der Waals surface area contributed by atoms with E-state index in [4.69, 9.17) is 0 Å². The zero-order valence-corrected chi connectivity index (χ0v) is 13.9. The summed E-state index contributed by atoms with van der Waals surface area (Å²) in [6.07, 6.45) is 1.64. The van der Waals surface area contributed by atoms with Crippen LogP contribution in [0.2, 0.25) is 0 Å². The molecule has 6 nitrogen and oxygen atoms in total. The lowest BCUT2D eigenvalue weighted by atomic mass is 10.2. The molecule has 1 atom stereocenters. The third kappa shape index (κ3) is 4.28. The molecule has 1 aromatic carbocycles. The van der Waals surface area contributed by atoms with E-state index in [1.54, 1.807) is 31.3 Å². The van der Waals surface area contributed by atoms with Crippen LogP contribution in [0.5, 0.6) is 0 Å². The molecule has 0 aliphatic heterocycles. The van der Waals surface area contributed by atoms with E-state index in [2.05, 4.69) is 25.6 Å². The normalized spacial score (nSPS) is 11.8. The fraction of sp³-hybridized carbons (Fsp3) is 0.167. The molecule has 0 unspecified atom stereocenters. The van der Waals surface area contributed by atoms with Gasteiger partial charge >= 0.3 is 0 Å². The quantitative estimate of drug-likeness (QED) is 0.628. The van der Waals surface area contributed by atoms with Crippen LogP contribution < -0.4 is 10.6 Å². The number of pyridine rings is 1. The third-order valence-corrected chi connectivity index (χ3v) is 3.49. The van der Waals surface area contributed by atoms with Gasteiger partial charge in [0.2, 0.25) is 5.95 Å². The van der Waals surface area contributed by atoms with Crippen molar-refractivity contribution < 1.29 is 13.9 Å². The Hall–Kier alpha value is -3.13. The summed E-state index contributed by atoms with van der Waals surface area (Å²) < 4.78 is 26.5. The van der Waals surface area contributed by atoms with Crippen LogP contribution in [0.3, 0.4) is 0 Å². The molecule has 2 heterocycles. The van der Waals surface area contributed by atoms with Gasteiger partial charge in [-0.2, -0.15) is 4.98 Å². The molecular formula is C18H17F2N5O. The fourth-order valence-corrected chi connectivity index (χ4v) is 2.21. The standard InChI is InChI=1S/C18H17F2N5O/c1-11(10-26)22-18-24-16(15-4-2-3-7-21-15)9-17(25-18)23-12-5-6-13(19)14(20)8-12/h2-9,11,26H,10H2,1H3,(H2,22,23,24,25)/t11-/m0/s1. The molecule has 2 aromatic heterocycles. The van der Waals surface area contributed by atoms with Crippen molar-refractivity contribution in [3.8, 4) is 11.4 Å². The minimum absolute atomic E-state index is 0.0941. The van der Waals surface area contributed by atoms with Crippen molar-refractivity contribution in [2.75, 3.05) is 17.2 Å². The molecule has 8 heteroatoms. The molecule has 3 N–H and O–H groups in total. The minimum atomic E-state index is -0.957. The smallest absolute Gasteiger partial charge is 0.225 e. The summed E-state index contributed by atoms with van der Waals surface area (Å²) >= 11 is 0. The predicted molar refractivity (Wildman–Crippen MR) is 95.1 cm³/mol. The summed E-state index contributed by atoms with van der Waals surface area (Å²) in [4.78, 5) is 13.0. The van der Waals surface area contributed by atoms with Gasteiger partial charge in [-0.3, -0.25) is 4.98 Å². The third-order valence-electron chi connectivity index (χ3n) is 3.49. The number of nitrogens with zero attached hydrogens (tertiary/aromatic N) is 3. The molecule has 0 saturated carbocycles. The predicted octanol–water partition coefficient (Wildman–Crippen LogP) is 3.35. The van der Waals surface area contributed by atoms with Gasteiger partial charge in [0.05, 0.1) is 18.0 Å². The Labute approximate surface area is 149 Å². The molecule has 0 aliphatic carbocycles. The Bertz CT molecular complexity index is 892. The summed E-state index contributed by atoms with van der Waals surface area (Å²) in [5, 5.41) is 15.1. The Kier molecular flexibility index (Phi) is 5.33. The Morgan fingerprint density at radius 2 is 1.88 bits per heavy atom. The first-order valence-electron chi connectivity index (χ1n) is 7.95. The highest BCUT2D eigenvalue weighted by atomic mass is 19.2. The maximum atomic E-state index is 13.4. The van der Waals surface area contributed by atoms with Crippen LogP contribution in [0.15, 0.2) is 48.7 Å². The van der Waals surface area contributed by atoms with Gasteiger partial charge in [-0.05, 0) is 31.2 Å². The van der Waals surface area contributed by atoms with Crippen LogP contribution in [-0.4, -0.2) is 32.7 Å². The van der Waals surface area contributed by atoms with Crippen LogP contribution >= 0.6 is 0 Å². The number of halogens is 2. The Morgan fingerprint density at radius 1 is 1.04 bits per heavy atom. The first kappa shape index (κ1) is 17.7. The summed E-state index contributed by atoms with van der Waals surface area (Å²) in [6, 6.07) is 10.3. The summed E-state index contributed by atoms with van der Waals surface area (Å²) in [5.74, 6) is -1.23. The van der Waals surface area contributed by atoms with E-state index in [1.165, 1.54) is 6.07 Å². The van der Waals surface area contributed by atoms with Gasteiger partial charge in [-0.1, -0.05) is 6.07 Å². The van der Waals surface area contributed by atoms with Crippen LogP contribution in [0.4, 0.5) is 26.2 Å². The number of hydrogen-bond acceptors (Lipinski definition) is 6. The minimum Gasteiger partial charge on any atom is -0.394 e.